The molecule has 0 saturated heterocycles. The number of methoxy groups -OCH3 is 1. The standard InChI is InChI=1S/C13H15ClN2O3/c1-19-11(17)9-7-8(3-4-10(9)14)16-12(18)13(15)5-2-6-13/h3-4,7H,2,5-6,15H2,1H3,(H,16,18). The van der Waals surface area contributed by atoms with E-state index in [9.17, 15) is 9.59 Å². The van der Waals surface area contributed by atoms with Gasteiger partial charge >= 0.3 is 5.97 Å². The third-order valence-corrected chi connectivity index (χ3v) is 3.66. The van der Waals surface area contributed by atoms with Crippen molar-refractivity contribution in [2.75, 3.05) is 12.4 Å². The van der Waals surface area contributed by atoms with Crippen LogP contribution >= 0.6 is 11.6 Å². The molecule has 1 aliphatic rings. The molecule has 0 aromatic heterocycles. The van der Waals surface area contributed by atoms with E-state index in [1.165, 1.54) is 19.2 Å². The maximum absolute atomic E-state index is 12.0. The van der Waals surface area contributed by atoms with Crippen molar-refractivity contribution in [3.63, 3.8) is 0 Å². The van der Waals surface area contributed by atoms with Crippen LogP contribution in [-0.2, 0) is 9.53 Å². The largest absolute Gasteiger partial charge is 0.465 e. The molecule has 1 aliphatic carbocycles. The first-order valence-electron chi connectivity index (χ1n) is 5.94. The van der Waals surface area contributed by atoms with Gasteiger partial charge in [-0.15, -0.1) is 0 Å². The van der Waals surface area contributed by atoms with Crippen molar-refractivity contribution in [3.8, 4) is 0 Å². The Balaban J connectivity index is 2.17. The van der Waals surface area contributed by atoms with Gasteiger partial charge in [0.2, 0.25) is 5.91 Å². The van der Waals surface area contributed by atoms with E-state index in [4.69, 9.17) is 17.3 Å². The molecule has 0 radical (unpaired) electrons. The Hall–Kier alpha value is -1.59. The molecule has 0 atom stereocenters. The summed E-state index contributed by atoms with van der Waals surface area (Å²) in [6.45, 7) is 0. The molecule has 19 heavy (non-hydrogen) atoms. The molecule has 0 bridgehead atoms. The lowest BCUT2D eigenvalue weighted by molar-refractivity contribution is -0.123. The summed E-state index contributed by atoms with van der Waals surface area (Å²) in [6, 6.07) is 4.64. The number of esters is 1. The predicted octanol–water partition coefficient (Wildman–Crippen LogP) is 1.95. The fraction of sp³-hybridized carbons (Fsp3) is 0.385. The molecule has 6 heteroatoms. The summed E-state index contributed by atoms with van der Waals surface area (Å²) >= 11 is 5.90. The van der Waals surface area contributed by atoms with Crippen LogP contribution < -0.4 is 11.1 Å². The Morgan fingerprint density at radius 3 is 2.63 bits per heavy atom. The van der Waals surface area contributed by atoms with Gasteiger partial charge in [0.1, 0.15) is 0 Å². The van der Waals surface area contributed by atoms with Crippen LogP contribution in [0.3, 0.4) is 0 Å². The van der Waals surface area contributed by atoms with Gasteiger partial charge in [-0.05, 0) is 37.5 Å². The second kappa shape index (κ2) is 5.19. The highest BCUT2D eigenvalue weighted by Crippen LogP contribution is 2.30. The maximum Gasteiger partial charge on any atom is 0.339 e. The molecule has 1 amide bonds. The van der Waals surface area contributed by atoms with Gasteiger partial charge < -0.3 is 15.8 Å². The van der Waals surface area contributed by atoms with Crippen LogP contribution in [0.4, 0.5) is 5.69 Å². The van der Waals surface area contributed by atoms with E-state index in [0.29, 0.717) is 18.5 Å². The number of carbonyl (C=O) groups is 2. The van der Waals surface area contributed by atoms with Crippen molar-refractivity contribution in [2.45, 2.75) is 24.8 Å². The van der Waals surface area contributed by atoms with Crippen LogP contribution in [0.5, 0.6) is 0 Å². The van der Waals surface area contributed by atoms with Crippen LogP contribution in [-0.4, -0.2) is 24.5 Å². The van der Waals surface area contributed by atoms with Gasteiger partial charge in [0, 0.05) is 5.69 Å². The first-order valence-corrected chi connectivity index (χ1v) is 6.32. The Labute approximate surface area is 116 Å². The summed E-state index contributed by atoms with van der Waals surface area (Å²) in [5, 5.41) is 2.97. The average Bonchev–Trinajstić information content (AvgIpc) is 2.37. The Bertz CT molecular complexity index is 527. The Morgan fingerprint density at radius 2 is 2.11 bits per heavy atom. The summed E-state index contributed by atoms with van der Waals surface area (Å²) in [5.74, 6) is -0.788. The predicted molar refractivity (Wildman–Crippen MR) is 72.2 cm³/mol. The van der Waals surface area contributed by atoms with Crippen LogP contribution in [0.15, 0.2) is 18.2 Å². The highest BCUT2D eigenvalue weighted by Gasteiger charge is 2.40. The van der Waals surface area contributed by atoms with Crippen LogP contribution in [0.25, 0.3) is 0 Å². The van der Waals surface area contributed by atoms with E-state index in [-0.39, 0.29) is 16.5 Å². The molecule has 1 saturated carbocycles. The minimum atomic E-state index is -0.787. The van der Waals surface area contributed by atoms with Crippen molar-refractivity contribution in [1.82, 2.24) is 0 Å². The van der Waals surface area contributed by atoms with Crippen molar-refractivity contribution >= 4 is 29.2 Å². The van der Waals surface area contributed by atoms with Crippen molar-refractivity contribution < 1.29 is 14.3 Å². The lowest BCUT2D eigenvalue weighted by atomic mass is 9.77. The lowest BCUT2D eigenvalue weighted by Crippen LogP contribution is -2.56. The molecule has 5 nitrogen and oxygen atoms in total. The number of hydrogen-bond acceptors (Lipinski definition) is 4. The minimum absolute atomic E-state index is 0.210. The number of nitrogens with two attached hydrogens (primary N) is 1. The van der Waals surface area contributed by atoms with Gasteiger partial charge in [0.25, 0.3) is 0 Å². The monoisotopic (exact) mass is 282 g/mol. The Kier molecular flexibility index (Phi) is 3.78. The lowest BCUT2D eigenvalue weighted by Gasteiger charge is -2.36. The summed E-state index contributed by atoms with van der Waals surface area (Å²) in [7, 11) is 1.27. The van der Waals surface area contributed by atoms with E-state index in [2.05, 4.69) is 10.1 Å². The molecule has 1 aromatic carbocycles. The number of rotatable bonds is 3. The van der Waals surface area contributed by atoms with Crippen LogP contribution in [0, 0.1) is 0 Å². The second-order valence-electron chi connectivity index (χ2n) is 4.65. The smallest absolute Gasteiger partial charge is 0.339 e. The average molecular weight is 283 g/mol. The first kappa shape index (κ1) is 13.8. The number of halogens is 1. The molecule has 0 heterocycles. The Morgan fingerprint density at radius 1 is 1.42 bits per heavy atom. The SMILES string of the molecule is COC(=O)c1cc(NC(=O)C2(N)CCC2)ccc1Cl. The van der Waals surface area contributed by atoms with Gasteiger partial charge in [-0.3, -0.25) is 4.79 Å². The van der Waals surface area contributed by atoms with E-state index >= 15 is 0 Å². The third kappa shape index (κ3) is 2.72. The third-order valence-electron chi connectivity index (χ3n) is 3.33. The van der Waals surface area contributed by atoms with Crippen LogP contribution in [0.2, 0.25) is 5.02 Å². The summed E-state index contributed by atoms with van der Waals surface area (Å²) in [5.41, 5.74) is 5.82. The molecule has 1 aromatic rings. The molecule has 102 valence electrons. The molecule has 2 rings (SSSR count). The number of ether oxygens (including phenoxy) is 1. The second-order valence-corrected chi connectivity index (χ2v) is 5.06. The quantitative estimate of drug-likeness (QED) is 0.830. The van der Waals surface area contributed by atoms with E-state index < -0.39 is 11.5 Å². The molecular formula is C13H15ClN2O3. The number of benzene rings is 1. The number of amides is 1. The fourth-order valence-corrected chi connectivity index (χ4v) is 2.10. The first-order chi connectivity index (χ1) is 8.96. The van der Waals surface area contributed by atoms with Gasteiger partial charge in [0.05, 0.1) is 23.2 Å². The van der Waals surface area contributed by atoms with Crippen molar-refractivity contribution in [2.24, 2.45) is 5.73 Å². The van der Waals surface area contributed by atoms with Gasteiger partial charge in [-0.25, -0.2) is 4.79 Å². The zero-order chi connectivity index (χ0) is 14.0. The summed E-state index contributed by atoms with van der Waals surface area (Å²) in [4.78, 5) is 23.5. The maximum atomic E-state index is 12.0. The van der Waals surface area contributed by atoms with Gasteiger partial charge in [-0.1, -0.05) is 11.6 Å². The number of carbonyl (C=O) groups excluding carboxylic acids is 2. The molecule has 0 spiro atoms. The zero-order valence-electron chi connectivity index (χ0n) is 10.5. The van der Waals surface area contributed by atoms with Crippen LogP contribution in [0.1, 0.15) is 29.6 Å². The number of nitrogens with one attached hydrogen (secondary N) is 1. The molecule has 0 unspecified atom stereocenters. The number of hydrogen-bond donors (Lipinski definition) is 2. The van der Waals surface area contributed by atoms with Gasteiger partial charge in [0.15, 0.2) is 0 Å². The summed E-state index contributed by atoms with van der Waals surface area (Å²) in [6.07, 6.45) is 2.31. The van der Waals surface area contributed by atoms with E-state index in [1.807, 2.05) is 0 Å². The molecule has 1 fully saturated rings. The zero-order valence-corrected chi connectivity index (χ0v) is 11.3. The number of anilines is 1. The van der Waals surface area contributed by atoms with Crippen molar-refractivity contribution in [1.29, 1.82) is 0 Å². The summed E-state index contributed by atoms with van der Waals surface area (Å²) < 4.78 is 4.62. The fourth-order valence-electron chi connectivity index (χ4n) is 1.91. The highest BCUT2D eigenvalue weighted by molar-refractivity contribution is 6.33. The topological polar surface area (TPSA) is 81.4 Å². The minimum Gasteiger partial charge on any atom is -0.465 e. The molecule has 0 aliphatic heterocycles. The van der Waals surface area contributed by atoms with Gasteiger partial charge in [-0.2, -0.15) is 0 Å². The molecular weight excluding hydrogens is 268 g/mol. The molecule has 3 N–H and O–H groups in total. The normalized spacial score (nSPS) is 16.4. The van der Waals surface area contributed by atoms with Crippen molar-refractivity contribution in [3.05, 3.63) is 28.8 Å². The highest BCUT2D eigenvalue weighted by atomic mass is 35.5. The van der Waals surface area contributed by atoms with E-state index in [0.717, 1.165) is 6.42 Å². The van der Waals surface area contributed by atoms with E-state index in [1.54, 1.807) is 6.07 Å².